The van der Waals surface area contributed by atoms with Gasteiger partial charge in [0.05, 0.1) is 6.10 Å². The minimum atomic E-state index is -0.177. The van der Waals surface area contributed by atoms with Crippen molar-refractivity contribution in [1.29, 1.82) is 0 Å². The predicted molar refractivity (Wildman–Crippen MR) is 67.2 cm³/mol. The number of hydrogen-bond acceptors (Lipinski definition) is 2. The number of carbonyl (C=O) groups excluding carboxylic acids is 1. The number of aryl methyl sites for hydroxylation is 1. The van der Waals surface area contributed by atoms with Crippen molar-refractivity contribution >= 4 is 11.7 Å². The summed E-state index contributed by atoms with van der Waals surface area (Å²) in [4.78, 5) is 11.6. The van der Waals surface area contributed by atoms with E-state index in [0.717, 1.165) is 25.1 Å². The van der Waals surface area contributed by atoms with Gasteiger partial charge in [-0.15, -0.1) is 0 Å². The van der Waals surface area contributed by atoms with Gasteiger partial charge in [-0.25, -0.2) is 4.79 Å². The number of hydrogen-bond donors (Lipinski definition) is 2. The summed E-state index contributed by atoms with van der Waals surface area (Å²) in [5.41, 5.74) is 1.98. The predicted octanol–water partition coefficient (Wildman–Crippen LogP) is 2.30. The number of urea groups is 1. The molecule has 1 heterocycles. The molecule has 1 aromatic rings. The lowest BCUT2D eigenvalue weighted by atomic mass is 10.2. The van der Waals surface area contributed by atoms with E-state index < -0.39 is 0 Å². The van der Waals surface area contributed by atoms with E-state index >= 15 is 0 Å². The molecule has 1 fully saturated rings. The zero-order valence-electron chi connectivity index (χ0n) is 10.0. The van der Waals surface area contributed by atoms with E-state index in [0.29, 0.717) is 6.54 Å². The molecule has 17 heavy (non-hydrogen) atoms. The van der Waals surface area contributed by atoms with E-state index in [9.17, 15) is 4.79 Å². The molecule has 1 atom stereocenters. The summed E-state index contributed by atoms with van der Waals surface area (Å²) in [5, 5.41) is 5.60. The van der Waals surface area contributed by atoms with Crippen molar-refractivity contribution in [1.82, 2.24) is 5.32 Å². The van der Waals surface area contributed by atoms with E-state index in [-0.39, 0.29) is 12.1 Å². The fourth-order valence-electron chi connectivity index (χ4n) is 1.82. The smallest absolute Gasteiger partial charge is 0.319 e. The zero-order chi connectivity index (χ0) is 12.1. The first-order valence-corrected chi connectivity index (χ1v) is 5.97. The number of benzene rings is 1. The Morgan fingerprint density at radius 2 is 2.18 bits per heavy atom. The van der Waals surface area contributed by atoms with Gasteiger partial charge in [-0.05, 0) is 31.9 Å². The molecule has 4 nitrogen and oxygen atoms in total. The summed E-state index contributed by atoms with van der Waals surface area (Å²) in [6.45, 7) is 3.41. The molecule has 2 amide bonds. The summed E-state index contributed by atoms with van der Waals surface area (Å²) in [6, 6.07) is 7.54. The van der Waals surface area contributed by atoms with E-state index in [1.54, 1.807) is 0 Å². The van der Waals surface area contributed by atoms with Crippen LogP contribution in [-0.4, -0.2) is 25.3 Å². The molecule has 0 bridgehead atoms. The van der Waals surface area contributed by atoms with Crippen LogP contribution in [0.4, 0.5) is 10.5 Å². The Hall–Kier alpha value is -1.55. The lowest BCUT2D eigenvalue weighted by molar-refractivity contribution is 0.112. The number of amides is 2. The molecule has 92 valence electrons. The van der Waals surface area contributed by atoms with Gasteiger partial charge in [-0.3, -0.25) is 0 Å². The van der Waals surface area contributed by atoms with Crippen LogP contribution in [0.2, 0.25) is 0 Å². The SMILES string of the molecule is Cc1ccc(NC(=O)NC[C@@H]2CCCO2)cc1. The van der Waals surface area contributed by atoms with Crippen molar-refractivity contribution in [3.8, 4) is 0 Å². The van der Waals surface area contributed by atoms with E-state index in [2.05, 4.69) is 10.6 Å². The first-order chi connectivity index (χ1) is 8.24. The summed E-state index contributed by atoms with van der Waals surface area (Å²) < 4.78 is 5.43. The highest BCUT2D eigenvalue weighted by Gasteiger charge is 2.15. The highest BCUT2D eigenvalue weighted by Crippen LogP contribution is 2.11. The largest absolute Gasteiger partial charge is 0.376 e. The number of rotatable bonds is 3. The molecule has 0 spiro atoms. The highest BCUT2D eigenvalue weighted by atomic mass is 16.5. The van der Waals surface area contributed by atoms with Crippen LogP contribution in [0.15, 0.2) is 24.3 Å². The van der Waals surface area contributed by atoms with Crippen LogP contribution in [0.5, 0.6) is 0 Å². The van der Waals surface area contributed by atoms with E-state index in [1.165, 1.54) is 5.56 Å². The lowest BCUT2D eigenvalue weighted by Crippen LogP contribution is -2.34. The van der Waals surface area contributed by atoms with Gasteiger partial charge in [0.2, 0.25) is 0 Å². The molecule has 1 aliphatic rings. The molecule has 2 N–H and O–H groups in total. The van der Waals surface area contributed by atoms with E-state index in [1.807, 2.05) is 31.2 Å². The maximum Gasteiger partial charge on any atom is 0.319 e. The van der Waals surface area contributed by atoms with Crippen molar-refractivity contribution < 1.29 is 9.53 Å². The Bertz CT molecular complexity index is 370. The van der Waals surface area contributed by atoms with Crippen molar-refractivity contribution in [2.75, 3.05) is 18.5 Å². The van der Waals surface area contributed by atoms with Crippen LogP contribution >= 0.6 is 0 Å². The summed E-state index contributed by atoms with van der Waals surface area (Å²) in [5.74, 6) is 0. The van der Waals surface area contributed by atoms with Gasteiger partial charge in [0.25, 0.3) is 0 Å². The number of nitrogens with one attached hydrogen (secondary N) is 2. The molecular formula is C13H18N2O2. The van der Waals surface area contributed by atoms with Gasteiger partial charge >= 0.3 is 6.03 Å². The Balaban J connectivity index is 1.74. The fourth-order valence-corrected chi connectivity index (χ4v) is 1.82. The summed E-state index contributed by atoms with van der Waals surface area (Å²) in [6.07, 6.45) is 2.30. The minimum Gasteiger partial charge on any atom is -0.376 e. The quantitative estimate of drug-likeness (QED) is 0.843. The molecule has 0 radical (unpaired) electrons. The van der Waals surface area contributed by atoms with Crippen LogP contribution in [0, 0.1) is 6.92 Å². The molecule has 1 saturated heterocycles. The molecule has 1 aliphatic heterocycles. The van der Waals surface area contributed by atoms with Gasteiger partial charge < -0.3 is 15.4 Å². The normalized spacial score (nSPS) is 19.0. The van der Waals surface area contributed by atoms with Gasteiger partial charge in [0.15, 0.2) is 0 Å². The highest BCUT2D eigenvalue weighted by molar-refractivity contribution is 5.89. The van der Waals surface area contributed by atoms with Gasteiger partial charge in [-0.1, -0.05) is 17.7 Å². The molecule has 4 heteroatoms. The third-order valence-electron chi connectivity index (χ3n) is 2.82. The second-order valence-corrected chi connectivity index (χ2v) is 4.34. The maximum atomic E-state index is 11.6. The maximum absolute atomic E-state index is 11.6. The lowest BCUT2D eigenvalue weighted by Gasteiger charge is -2.11. The topological polar surface area (TPSA) is 50.4 Å². The summed E-state index contributed by atoms with van der Waals surface area (Å²) in [7, 11) is 0. The average Bonchev–Trinajstić information content (AvgIpc) is 2.83. The number of carbonyl (C=O) groups is 1. The van der Waals surface area contributed by atoms with Gasteiger partial charge in [-0.2, -0.15) is 0 Å². The van der Waals surface area contributed by atoms with Crippen LogP contribution in [-0.2, 0) is 4.74 Å². The number of ether oxygens (including phenoxy) is 1. The van der Waals surface area contributed by atoms with Crippen LogP contribution in [0.25, 0.3) is 0 Å². The molecule has 0 saturated carbocycles. The Morgan fingerprint density at radius 3 is 2.82 bits per heavy atom. The van der Waals surface area contributed by atoms with Crippen molar-refractivity contribution in [3.05, 3.63) is 29.8 Å². The van der Waals surface area contributed by atoms with Crippen LogP contribution in [0.3, 0.4) is 0 Å². The second-order valence-electron chi connectivity index (χ2n) is 4.34. The second kappa shape index (κ2) is 5.68. The molecule has 0 aliphatic carbocycles. The van der Waals surface area contributed by atoms with Gasteiger partial charge in [0.1, 0.15) is 0 Å². The summed E-state index contributed by atoms with van der Waals surface area (Å²) >= 11 is 0. The number of anilines is 1. The van der Waals surface area contributed by atoms with Crippen molar-refractivity contribution in [2.45, 2.75) is 25.9 Å². The Morgan fingerprint density at radius 1 is 1.41 bits per heavy atom. The van der Waals surface area contributed by atoms with Gasteiger partial charge in [0, 0.05) is 18.8 Å². The molecule has 1 aromatic carbocycles. The van der Waals surface area contributed by atoms with Crippen molar-refractivity contribution in [2.24, 2.45) is 0 Å². The first kappa shape index (κ1) is 11.9. The first-order valence-electron chi connectivity index (χ1n) is 5.97. The standard InChI is InChI=1S/C13H18N2O2/c1-10-4-6-11(7-5-10)15-13(16)14-9-12-3-2-8-17-12/h4-7,12H,2-3,8-9H2,1H3,(H2,14,15,16)/t12-/m0/s1. The van der Waals surface area contributed by atoms with E-state index in [4.69, 9.17) is 4.74 Å². The molecule has 2 rings (SSSR count). The zero-order valence-corrected chi connectivity index (χ0v) is 10.0. The molecule has 0 unspecified atom stereocenters. The third-order valence-corrected chi connectivity index (χ3v) is 2.82. The molecule has 0 aromatic heterocycles. The minimum absolute atomic E-state index is 0.177. The third kappa shape index (κ3) is 3.75. The molecular weight excluding hydrogens is 216 g/mol. The average molecular weight is 234 g/mol. The monoisotopic (exact) mass is 234 g/mol. The Labute approximate surface area is 101 Å². The van der Waals surface area contributed by atoms with Crippen LogP contribution in [0.1, 0.15) is 18.4 Å². The fraction of sp³-hybridized carbons (Fsp3) is 0.462. The Kier molecular flexibility index (Phi) is 3.98. The van der Waals surface area contributed by atoms with Crippen molar-refractivity contribution in [3.63, 3.8) is 0 Å². The van der Waals surface area contributed by atoms with Crippen LogP contribution < -0.4 is 10.6 Å².